The first-order valence-electron chi connectivity index (χ1n) is 4.74. The number of allylic oxidation sites excluding steroid dienone is 3. The van der Waals surface area contributed by atoms with Crippen molar-refractivity contribution >= 4 is 5.69 Å². The smallest absolute Gasteiger partial charge is 0.131 e. The first-order valence-corrected chi connectivity index (χ1v) is 4.74. The molecule has 0 atom stereocenters. The molecule has 0 saturated heterocycles. The molecule has 1 aromatic rings. The molecule has 0 radical (unpaired) electrons. The van der Waals surface area contributed by atoms with E-state index in [0.717, 1.165) is 5.69 Å². The Kier molecular flexibility index (Phi) is 4.57. The first kappa shape index (κ1) is 12.0. The lowest BCUT2D eigenvalue weighted by Crippen LogP contribution is -1.89. The summed E-state index contributed by atoms with van der Waals surface area (Å²) >= 11 is 0. The van der Waals surface area contributed by atoms with Crippen molar-refractivity contribution in [1.82, 2.24) is 0 Å². The summed E-state index contributed by atoms with van der Waals surface area (Å²) in [6, 6.07) is 14.5. The number of hydrogen-bond acceptors (Lipinski definition) is 4. The maximum Gasteiger partial charge on any atom is 0.131 e. The van der Waals surface area contributed by atoms with Gasteiger partial charge >= 0.3 is 0 Å². The van der Waals surface area contributed by atoms with Crippen LogP contribution in [0.5, 0.6) is 0 Å². The van der Waals surface area contributed by atoms with Gasteiger partial charge in [-0.15, -0.1) is 0 Å². The van der Waals surface area contributed by atoms with Crippen LogP contribution >= 0.6 is 0 Å². The van der Waals surface area contributed by atoms with E-state index in [0.29, 0.717) is 0 Å². The fourth-order valence-electron chi connectivity index (χ4n) is 1.05. The summed E-state index contributed by atoms with van der Waals surface area (Å²) in [5, 5.41) is 28.8. The lowest BCUT2D eigenvalue weighted by atomic mass is 10.2. The third kappa shape index (κ3) is 3.91. The minimum absolute atomic E-state index is 0.104. The number of para-hydroxylation sites is 1. The second-order valence-electron chi connectivity index (χ2n) is 3.00. The lowest BCUT2D eigenvalue weighted by Gasteiger charge is -1.99. The first-order chi connectivity index (χ1) is 8.30. The molecular formula is C13H8N4. The SMILES string of the molecule is N#CC(C#N)=C/C(C#N)=C/Nc1ccccc1. The predicted molar refractivity (Wildman–Crippen MR) is 63.1 cm³/mol. The largest absolute Gasteiger partial charge is 0.360 e. The van der Waals surface area contributed by atoms with E-state index in [1.165, 1.54) is 12.3 Å². The molecule has 17 heavy (non-hydrogen) atoms. The summed E-state index contributed by atoms with van der Waals surface area (Å²) < 4.78 is 0. The number of nitrogens with zero attached hydrogens (tertiary/aromatic N) is 3. The summed E-state index contributed by atoms with van der Waals surface area (Å²) in [4.78, 5) is 0. The van der Waals surface area contributed by atoms with Crippen molar-refractivity contribution in [1.29, 1.82) is 15.8 Å². The third-order valence-electron chi connectivity index (χ3n) is 1.84. The van der Waals surface area contributed by atoms with Crippen molar-refractivity contribution < 1.29 is 0 Å². The minimum Gasteiger partial charge on any atom is -0.360 e. The highest BCUT2D eigenvalue weighted by atomic mass is 14.8. The van der Waals surface area contributed by atoms with Crippen molar-refractivity contribution in [3.63, 3.8) is 0 Å². The van der Waals surface area contributed by atoms with Crippen molar-refractivity contribution in [2.45, 2.75) is 0 Å². The fraction of sp³-hybridized carbons (Fsp3) is 0. The summed E-state index contributed by atoms with van der Waals surface area (Å²) in [5.41, 5.74) is 0.934. The number of anilines is 1. The predicted octanol–water partition coefficient (Wildman–Crippen LogP) is 2.48. The minimum atomic E-state index is -0.104. The molecule has 0 aliphatic carbocycles. The number of hydrogen-bond donors (Lipinski definition) is 1. The monoisotopic (exact) mass is 220 g/mol. The third-order valence-corrected chi connectivity index (χ3v) is 1.84. The number of rotatable bonds is 3. The van der Waals surface area contributed by atoms with Crippen LogP contribution in [0, 0.1) is 34.0 Å². The molecule has 80 valence electrons. The molecule has 0 spiro atoms. The molecule has 0 aliphatic heterocycles. The van der Waals surface area contributed by atoms with Crippen LogP contribution in [0.3, 0.4) is 0 Å². The fourth-order valence-corrected chi connectivity index (χ4v) is 1.05. The highest BCUT2D eigenvalue weighted by Gasteiger charge is 1.96. The molecule has 0 fully saturated rings. The van der Waals surface area contributed by atoms with Crippen LogP contribution in [-0.4, -0.2) is 0 Å². The quantitative estimate of drug-likeness (QED) is 0.626. The van der Waals surface area contributed by atoms with Crippen LogP contribution in [0.15, 0.2) is 53.8 Å². The second-order valence-corrected chi connectivity index (χ2v) is 3.00. The van der Waals surface area contributed by atoms with Gasteiger partial charge in [-0.25, -0.2) is 0 Å². The summed E-state index contributed by atoms with van der Waals surface area (Å²) in [6.07, 6.45) is 2.68. The number of benzene rings is 1. The van der Waals surface area contributed by atoms with E-state index in [1.54, 1.807) is 12.1 Å². The topological polar surface area (TPSA) is 83.4 Å². The molecule has 0 heterocycles. The van der Waals surface area contributed by atoms with Crippen LogP contribution in [-0.2, 0) is 0 Å². The molecule has 0 amide bonds. The van der Waals surface area contributed by atoms with Crippen molar-refractivity contribution in [2.75, 3.05) is 5.32 Å². The standard InChI is InChI=1S/C13H8N4/c14-7-11(8-15)6-12(9-16)10-17-13-4-2-1-3-5-13/h1-6,10,17H/b12-10-. The molecule has 0 bridgehead atoms. The molecule has 4 nitrogen and oxygen atoms in total. The zero-order chi connectivity index (χ0) is 12.5. The average Bonchev–Trinajstić information content (AvgIpc) is 2.40. The molecule has 4 heteroatoms. The van der Waals surface area contributed by atoms with Crippen molar-refractivity contribution in [3.8, 4) is 18.2 Å². The molecule has 1 rings (SSSR count). The maximum atomic E-state index is 8.82. The highest BCUT2D eigenvalue weighted by molar-refractivity contribution is 5.51. The Morgan fingerprint density at radius 2 is 1.65 bits per heavy atom. The Morgan fingerprint density at radius 1 is 1.00 bits per heavy atom. The van der Waals surface area contributed by atoms with Gasteiger partial charge in [-0.3, -0.25) is 0 Å². The zero-order valence-corrected chi connectivity index (χ0v) is 8.88. The van der Waals surface area contributed by atoms with E-state index in [4.69, 9.17) is 15.8 Å². The number of nitriles is 3. The second kappa shape index (κ2) is 6.45. The average molecular weight is 220 g/mol. The molecule has 1 N–H and O–H groups in total. The van der Waals surface area contributed by atoms with E-state index in [-0.39, 0.29) is 11.1 Å². The van der Waals surface area contributed by atoms with Crippen LogP contribution in [0.25, 0.3) is 0 Å². The van der Waals surface area contributed by atoms with Crippen LogP contribution in [0.4, 0.5) is 5.69 Å². The lowest BCUT2D eigenvalue weighted by molar-refractivity contribution is 1.43. The van der Waals surface area contributed by atoms with Gasteiger partial charge in [0, 0.05) is 11.9 Å². The Balaban J connectivity index is 2.85. The van der Waals surface area contributed by atoms with Gasteiger partial charge in [0.2, 0.25) is 0 Å². The highest BCUT2D eigenvalue weighted by Crippen LogP contribution is 2.07. The van der Waals surface area contributed by atoms with Gasteiger partial charge in [0.05, 0.1) is 5.57 Å². The van der Waals surface area contributed by atoms with Crippen LogP contribution in [0.2, 0.25) is 0 Å². The van der Waals surface area contributed by atoms with Gasteiger partial charge in [-0.1, -0.05) is 18.2 Å². The van der Waals surface area contributed by atoms with E-state index < -0.39 is 0 Å². The van der Waals surface area contributed by atoms with Crippen LogP contribution in [0.1, 0.15) is 0 Å². The number of nitrogens with one attached hydrogen (secondary N) is 1. The van der Waals surface area contributed by atoms with E-state index >= 15 is 0 Å². The Bertz CT molecular complexity index is 546. The summed E-state index contributed by atoms with van der Waals surface area (Å²) in [7, 11) is 0. The van der Waals surface area contributed by atoms with Crippen LogP contribution < -0.4 is 5.32 Å². The van der Waals surface area contributed by atoms with Gasteiger partial charge < -0.3 is 5.32 Å². The van der Waals surface area contributed by atoms with Crippen molar-refractivity contribution in [2.24, 2.45) is 0 Å². The van der Waals surface area contributed by atoms with Gasteiger partial charge in [-0.05, 0) is 18.2 Å². The molecule has 0 unspecified atom stereocenters. The Morgan fingerprint density at radius 3 is 2.18 bits per heavy atom. The van der Waals surface area contributed by atoms with E-state index in [2.05, 4.69) is 5.32 Å². The van der Waals surface area contributed by atoms with Gasteiger partial charge in [0.15, 0.2) is 0 Å². The molecule has 0 aromatic heterocycles. The van der Waals surface area contributed by atoms with Gasteiger partial charge in [0.25, 0.3) is 0 Å². The molecule has 0 aliphatic rings. The van der Waals surface area contributed by atoms with E-state index in [9.17, 15) is 0 Å². The molecule has 1 aromatic carbocycles. The summed E-state index contributed by atoms with van der Waals surface area (Å²) in [5.74, 6) is 0. The molecular weight excluding hydrogens is 212 g/mol. The summed E-state index contributed by atoms with van der Waals surface area (Å²) in [6.45, 7) is 0. The zero-order valence-electron chi connectivity index (χ0n) is 8.88. The van der Waals surface area contributed by atoms with Crippen molar-refractivity contribution in [3.05, 3.63) is 53.8 Å². The van der Waals surface area contributed by atoms with Gasteiger partial charge in [0.1, 0.15) is 23.8 Å². The van der Waals surface area contributed by atoms with E-state index in [1.807, 2.05) is 36.4 Å². The normalized spacial score (nSPS) is 9.35. The Hall–Kier alpha value is -3.03. The maximum absolute atomic E-state index is 8.82. The molecule has 0 saturated carbocycles. The van der Waals surface area contributed by atoms with Gasteiger partial charge in [-0.2, -0.15) is 15.8 Å². The Labute approximate surface area is 99.3 Å².